The maximum absolute atomic E-state index is 13.8. The molecule has 2 atom stereocenters. The monoisotopic (exact) mass is 293 g/mol. The summed E-state index contributed by atoms with van der Waals surface area (Å²) in [7, 11) is 0. The minimum absolute atomic E-state index is 0.0116. The van der Waals surface area contributed by atoms with Crippen LogP contribution in [0.5, 0.6) is 0 Å². The van der Waals surface area contributed by atoms with Gasteiger partial charge in [-0.25, -0.2) is 4.39 Å². The lowest BCUT2D eigenvalue weighted by atomic mass is 9.98. The van der Waals surface area contributed by atoms with Crippen molar-refractivity contribution in [2.45, 2.75) is 26.3 Å². The van der Waals surface area contributed by atoms with Crippen molar-refractivity contribution in [3.8, 4) is 0 Å². The highest BCUT2D eigenvalue weighted by Gasteiger charge is 2.28. The second-order valence-corrected chi connectivity index (χ2v) is 5.68. The van der Waals surface area contributed by atoms with E-state index >= 15 is 0 Å². The van der Waals surface area contributed by atoms with E-state index in [4.69, 9.17) is 5.73 Å². The Morgan fingerprint density at radius 2 is 1.90 bits per heavy atom. The minimum Gasteiger partial charge on any atom is -0.366 e. The smallest absolute Gasteiger partial charge is 0.239 e. The Morgan fingerprint density at radius 1 is 1.29 bits per heavy atom. The lowest BCUT2D eigenvalue weighted by Gasteiger charge is -2.37. The van der Waals surface area contributed by atoms with E-state index < -0.39 is 6.04 Å². The fourth-order valence-corrected chi connectivity index (χ4v) is 2.58. The van der Waals surface area contributed by atoms with Crippen LogP contribution in [-0.2, 0) is 4.79 Å². The molecule has 1 aliphatic heterocycles. The van der Waals surface area contributed by atoms with Gasteiger partial charge in [0.25, 0.3) is 0 Å². The third kappa shape index (κ3) is 3.53. The number of para-hydroxylation sites is 1. The largest absolute Gasteiger partial charge is 0.366 e. The SMILES string of the molecule is CC[C@H](C)[C@H](N)C(=O)N1CCN(c2ccccc2F)CC1. The number of amides is 1. The van der Waals surface area contributed by atoms with Crippen molar-refractivity contribution in [1.29, 1.82) is 0 Å². The summed E-state index contributed by atoms with van der Waals surface area (Å²) < 4.78 is 13.8. The van der Waals surface area contributed by atoms with Gasteiger partial charge in [0.05, 0.1) is 11.7 Å². The van der Waals surface area contributed by atoms with Gasteiger partial charge < -0.3 is 15.5 Å². The zero-order valence-electron chi connectivity index (χ0n) is 12.8. The van der Waals surface area contributed by atoms with Crippen molar-refractivity contribution >= 4 is 11.6 Å². The van der Waals surface area contributed by atoms with Gasteiger partial charge in [-0.3, -0.25) is 4.79 Å². The standard InChI is InChI=1S/C16H24FN3O/c1-3-12(2)15(18)16(21)20-10-8-19(9-11-20)14-7-5-4-6-13(14)17/h4-7,12,15H,3,8-11,18H2,1-2H3/t12-,15-/m0/s1. The molecule has 1 fully saturated rings. The number of rotatable bonds is 4. The van der Waals surface area contributed by atoms with E-state index in [2.05, 4.69) is 0 Å². The van der Waals surface area contributed by atoms with Crippen LogP contribution >= 0.6 is 0 Å². The lowest BCUT2D eigenvalue weighted by molar-refractivity contribution is -0.134. The molecular formula is C16H24FN3O. The highest BCUT2D eigenvalue weighted by atomic mass is 19.1. The number of carbonyl (C=O) groups is 1. The van der Waals surface area contributed by atoms with Gasteiger partial charge in [-0.15, -0.1) is 0 Å². The Hall–Kier alpha value is -1.62. The van der Waals surface area contributed by atoms with E-state index in [0.29, 0.717) is 31.9 Å². The number of nitrogens with two attached hydrogens (primary N) is 1. The van der Waals surface area contributed by atoms with Gasteiger partial charge in [0.2, 0.25) is 5.91 Å². The first-order valence-electron chi connectivity index (χ1n) is 7.58. The number of piperazine rings is 1. The fraction of sp³-hybridized carbons (Fsp3) is 0.562. The molecule has 0 saturated carbocycles. The van der Waals surface area contributed by atoms with Crippen molar-refractivity contribution in [2.75, 3.05) is 31.1 Å². The Morgan fingerprint density at radius 3 is 2.48 bits per heavy atom. The van der Waals surface area contributed by atoms with Crippen molar-refractivity contribution in [1.82, 2.24) is 4.90 Å². The third-order valence-electron chi connectivity index (χ3n) is 4.33. The van der Waals surface area contributed by atoms with Gasteiger partial charge in [0, 0.05) is 26.2 Å². The zero-order chi connectivity index (χ0) is 15.4. The summed E-state index contributed by atoms with van der Waals surface area (Å²) in [5, 5.41) is 0. The molecule has 1 amide bonds. The number of nitrogens with zero attached hydrogens (tertiary/aromatic N) is 2. The van der Waals surface area contributed by atoms with E-state index in [1.807, 2.05) is 24.8 Å². The van der Waals surface area contributed by atoms with Crippen LogP contribution in [-0.4, -0.2) is 43.0 Å². The highest BCUT2D eigenvalue weighted by molar-refractivity contribution is 5.82. The maximum Gasteiger partial charge on any atom is 0.239 e. The van der Waals surface area contributed by atoms with Gasteiger partial charge in [-0.2, -0.15) is 0 Å². The number of hydrogen-bond acceptors (Lipinski definition) is 3. The molecule has 0 radical (unpaired) electrons. The summed E-state index contributed by atoms with van der Waals surface area (Å²) in [6.07, 6.45) is 0.891. The predicted molar refractivity (Wildman–Crippen MR) is 82.6 cm³/mol. The molecule has 1 saturated heterocycles. The van der Waals surface area contributed by atoms with Crippen molar-refractivity contribution in [3.05, 3.63) is 30.1 Å². The van der Waals surface area contributed by atoms with Gasteiger partial charge in [0.1, 0.15) is 5.82 Å². The average Bonchev–Trinajstić information content (AvgIpc) is 2.53. The van der Waals surface area contributed by atoms with Gasteiger partial charge >= 0.3 is 0 Å². The zero-order valence-corrected chi connectivity index (χ0v) is 12.8. The molecule has 0 bridgehead atoms. The Kier molecular flexibility index (Phi) is 5.17. The van der Waals surface area contributed by atoms with Gasteiger partial charge in [-0.05, 0) is 18.1 Å². The van der Waals surface area contributed by atoms with Crippen LogP contribution in [0.3, 0.4) is 0 Å². The predicted octanol–water partition coefficient (Wildman–Crippen LogP) is 1.85. The first-order chi connectivity index (χ1) is 10.0. The molecule has 5 heteroatoms. The molecule has 1 aliphatic rings. The third-order valence-corrected chi connectivity index (χ3v) is 4.33. The second kappa shape index (κ2) is 6.89. The molecule has 0 aliphatic carbocycles. The number of carbonyl (C=O) groups excluding carboxylic acids is 1. The molecule has 1 aromatic rings. The van der Waals surface area contributed by atoms with E-state index in [-0.39, 0.29) is 17.6 Å². The van der Waals surface area contributed by atoms with Crippen LogP contribution in [0.1, 0.15) is 20.3 Å². The lowest BCUT2D eigenvalue weighted by Crippen LogP contribution is -2.54. The molecule has 2 rings (SSSR count). The number of halogens is 1. The van der Waals surface area contributed by atoms with Crippen LogP contribution in [0.4, 0.5) is 10.1 Å². The maximum atomic E-state index is 13.8. The number of benzene rings is 1. The molecule has 116 valence electrons. The molecule has 4 nitrogen and oxygen atoms in total. The summed E-state index contributed by atoms with van der Waals surface area (Å²) in [6.45, 7) is 6.50. The Labute approximate surface area is 125 Å². The van der Waals surface area contributed by atoms with Crippen molar-refractivity contribution < 1.29 is 9.18 Å². The average molecular weight is 293 g/mol. The van der Waals surface area contributed by atoms with Crippen LogP contribution < -0.4 is 10.6 Å². The molecule has 0 aromatic heterocycles. The summed E-state index contributed by atoms with van der Waals surface area (Å²) in [6, 6.07) is 6.32. The first kappa shape index (κ1) is 15.8. The molecule has 1 aromatic carbocycles. The number of anilines is 1. The van der Waals surface area contributed by atoms with Crippen LogP contribution in [0.25, 0.3) is 0 Å². The summed E-state index contributed by atoms with van der Waals surface area (Å²) in [5.41, 5.74) is 6.61. The molecular weight excluding hydrogens is 269 g/mol. The summed E-state index contributed by atoms with van der Waals surface area (Å²) in [5.74, 6) is -0.0202. The topological polar surface area (TPSA) is 49.6 Å². The summed E-state index contributed by atoms with van der Waals surface area (Å²) >= 11 is 0. The van der Waals surface area contributed by atoms with E-state index in [1.54, 1.807) is 17.0 Å². The Balaban J connectivity index is 1.94. The van der Waals surface area contributed by atoms with E-state index in [1.165, 1.54) is 6.07 Å². The summed E-state index contributed by atoms with van der Waals surface area (Å²) in [4.78, 5) is 16.1. The number of hydrogen-bond donors (Lipinski definition) is 1. The quantitative estimate of drug-likeness (QED) is 0.921. The van der Waals surface area contributed by atoms with E-state index in [9.17, 15) is 9.18 Å². The Bertz CT molecular complexity index is 486. The van der Waals surface area contributed by atoms with Crippen molar-refractivity contribution in [2.24, 2.45) is 11.7 Å². The van der Waals surface area contributed by atoms with Crippen LogP contribution in [0, 0.1) is 11.7 Å². The van der Waals surface area contributed by atoms with E-state index in [0.717, 1.165) is 6.42 Å². The van der Waals surface area contributed by atoms with Crippen LogP contribution in [0.15, 0.2) is 24.3 Å². The van der Waals surface area contributed by atoms with Gasteiger partial charge in [0.15, 0.2) is 0 Å². The molecule has 0 spiro atoms. The first-order valence-corrected chi connectivity index (χ1v) is 7.58. The molecule has 0 unspecified atom stereocenters. The minimum atomic E-state index is -0.435. The van der Waals surface area contributed by atoms with Crippen molar-refractivity contribution in [3.63, 3.8) is 0 Å². The molecule has 2 N–H and O–H groups in total. The molecule has 1 heterocycles. The normalized spacial score (nSPS) is 18.5. The van der Waals surface area contributed by atoms with Gasteiger partial charge in [-0.1, -0.05) is 32.4 Å². The highest BCUT2D eigenvalue weighted by Crippen LogP contribution is 2.20. The fourth-order valence-electron chi connectivity index (χ4n) is 2.58. The molecule has 21 heavy (non-hydrogen) atoms. The van der Waals surface area contributed by atoms with Crippen LogP contribution in [0.2, 0.25) is 0 Å². The second-order valence-electron chi connectivity index (χ2n) is 5.68.